The molecule has 0 aromatic heterocycles. The zero-order chi connectivity index (χ0) is 14.4. The largest absolute Gasteiger partial charge is 0.485 e. The van der Waals surface area contributed by atoms with E-state index in [4.69, 9.17) is 14.2 Å². The minimum absolute atomic E-state index is 0.196. The van der Waals surface area contributed by atoms with Crippen LogP contribution >= 0.6 is 0 Å². The average molecular weight is 277 g/mol. The van der Waals surface area contributed by atoms with E-state index in [0.29, 0.717) is 31.3 Å². The number of carbonyl (C=O) groups excluding carboxylic acids is 1. The van der Waals surface area contributed by atoms with Crippen LogP contribution in [0, 0.1) is 0 Å². The molecule has 1 aromatic rings. The van der Waals surface area contributed by atoms with Crippen LogP contribution in [0.1, 0.15) is 6.92 Å². The van der Waals surface area contributed by atoms with E-state index in [-0.39, 0.29) is 12.5 Å². The number of benzene rings is 1. The number of ether oxygens (including phenoxy) is 3. The van der Waals surface area contributed by atoms with E-state index in [1.165, 1.54) is 0 Å². The van der Waals surface area contributed by atoms with E-state index < -0.39 is 6.10 Å². The molecule has 1 atom stereocenters. The van der Waals surface area contributed by atoms with Gasteiger partial charge in [-0.1, -0.05) is 24.3 Å². The number of nitrogens with one attached hydrogen (secondary N) is 1. The van der Waals surface area contributed by atoms with Crippen molar-refractivity contribution in [2.75, 3.05) is 26.4 Å². The molecule has 1 unspecified atom stereocenters. The molecule has 0 bridgehead atoms. The first-order valence-electron chi connectivity index (χ1n) is 6.55. The summed E-state index contributed by atoms with van der Waals surface area (Å²) in [5.41, 5.74) is 0.956. The lowest BCUT2D eigenvalue weighted by Gasteiger charge is -2.25. The van der Waals surface area contributed by atoms with Crippen molar-refractivity contribution in [3.8, 4) is 11.5 Å². The molecular formula is C15H19NO4. The normalized spacial score (nSPS) is 16.6. The third kappa shape index (κ3) is 3.99. The van der Waals surface area contributed by atoms with Gasteiger partial charge in [-0.2, -0.15) is 0 Å². The molecule has 1 aliphatic heterocycles. The summed E-state index contributed by atoms with van der Waals surface area (Å²) in [6, 6.07) is 7.30. The van der Waals surface area contributed by atoms with Gasteiger partial charge in [-0.3, -0.25) is 4.79 Å². The molecule has 0 saturated carbocycles. The van der Waals surface area contributed by atoms with Gasteiger partial charge in [0, 0.05) is 6.54 Å². The highest BCUT2D eigenvalue weighted by Gasteiger charge is 2.26. The summed E-state index contributed by atoms with van der Waals surface area (Å²) in [7, 11) is 0. The van der Waals surface area contributed by atoms with Crippen molar-refractivity contribution in [3.63, 3.8) is 0 Å². The van der Waals surface area contributed by atoms with Crippen molar-refractivity contribution in [2.24, 2.45) is 0 Å². The fraction of sp³-hybridized carbons (Fsp3) is 0.400. The molecule has 108 valence electrons. The van der Waals surface area contributed by atoms with Crippen LogP contribution in [0.3, 0.4) is 0 Å². The molecular weight excluding hydrogens is 258 g/mol. The smallest absolute Gasteiger partial charge is 0.264 e. The predicted octanol–water partition coefficient (Wildman–Crippen LogP) is 1.54. The van der Waals surface area contributed by atoms with Crippen LogP contribution in [0.15, 0.2) is 36.4 Å². The molecule has 5 heteroatoms. The molecule has 2 rings (SSSR count). The van der Waals surface area contributed by atoms with Crippen molar-refractivity contribution in [2.45, 2.75) is 13.0 Å². The van der Waals surface area contributed by atoms with E-state index in [2.05, 4.69) is 11.9 Å². The van der Waals surface area contributed by atoms with Crippen LogP contribution in [0.2, 0.25) is 0 Å². The number of hydrogen-bond acceptors (Lipinski definition) is 4. The lowest BCUT2D eigenvalue weighted by Crippen LogP contribution is -2.44. The molecule has 1 aliphatic rings. The highest BCUT2D eigenvalue weighted by Crippen LogP contribution is 2.30. The highest BCUT2D eigenvalue weighted by atomic mass is 16.6. The number of fused-ring (bicyclic) bond motifs is 1. The lowest BCUT2D eigenvalue weighted by atomic mass is 10.2. The second kappa shape index (κ2) is 6.96. The molecule has 1 amide bonds. The van der Waals surface area contributed by atoms with Crippen molar-refractivity contribution in [1.82, 2.24) is 5.32 Å². The van der Waals surface area contributed by atoms with Gasteiger partial charge in [0.2, 0.25) is 6.10 Å². The zero-order valence-corrected chi connectivity index (χ0v) is 11.6. The third-order valence-corrected chi connectivity index (χ3v) is 2.70. The lowest BCUT2D eigenvalue weighted by molar-refractivity contribution is -0.130. The van der Waals surface area contributed by atoms with E-state index in [9.17, 15) is 4.79 Å². The Bertz CT molecular complexity index is 487. The SMILES string of the molecule is C=C(C)COCCNC(=O)C1COc2ccccc2O1. The van der Waals surface area contributed by atoms with Crippen LogP contribution in [0.25, 0.3) is 0 Å². The first kappa shape index (κ1) is 14.4. The molecule has 1 N–H and O–H groups in total. The first-order chi connectivity index (χ1) is 9.66. The second-order valence-electron chi connectivity index (χ2n) is 4.66. The number of amides is 1. The summed E-state index contributed by atoms with van der Waals surface area (Å²) < 4.78 is 16.4. The molecule has 0 radical (unpaired) electrons. The Morgan fingerprint density at radius 3 is 2.95 bits per heavy atom. The van der Waals surface area contributed by atoms with Gasteiger partial charge in [0.1, 0.15) is 6.61 Å². The second-order valence-corrected chi connectivity index (χ2v) is 4.66. The van der Waals surface area contributed by atoms with Gasteiger partial charge in [-0.05, 0) is 19.1 Å². The summed E-state index contributed by atoms with van der Waals surface area (Å²) in [5, 5.41) is 2.76. The van der Waals surface area contributed by atoms with Gasteiger partial charge >= 0.3 is 0 Å². The van der Waals surface area contributed by atoms with Gasteiger partial charge in [0.05, 0.1) is 13.2 Å². The van der Waals surface area contributed by atoms with E-state index >= 15 is 0 Å². The van der Waals surface area contributed by atoms with Crippen LogP contribution in [0.5, 0.6) is 11.5 Å². The zero-order valence-electron chi connectivity index (χ0n) is 11.6. The van der Waals surface area contributed by atoms with Crippen molar-refractivity contribution in [3.05, 3.63) is 36.4 Å². The van der Waals surface area contributed by atoms with E-state index in [1.807, 2.05) is 25.1 Å². The van der Waals surface area contributed by atoms with Crippen molar-refractivity contribution in [1.29, 1.82) is 0 Å². The fourth-order valence-corrected chi connectivity index (χ4v) is 1.76. The summed E-state index contributed by atoms with van der Waals surface area (Å²) in [6.45, 7) is 7.24. The molecule has 0 saturated heterocycles. The van der Waals surface area contributed by atoms with Crippen molar-refractivity contribution < 1.29 is 19.0 Å². The minimum atomic E-state index is -0.619. The maximum atomic E-state index is 11.9. The molecule has 0 spiro atoms. The summed E-state index contributed by atoms with van der Waals surface area (Å²) in [5.74, 6) is 1.07. The van der Waals surface area contributed by atoms with Gasteiger partial charge in [0.15, 0.2) is 11.5 Å². The fourth-order valence-electron chi connectivity index (χ4n) is 1.76. The molecule has 0 fully saturated rings. The maximum absolute atomic E-state index is 11.9. The number of hydrogen-bond donors (Lipinski definition) is 1. The Balaban J connectivity index is 1.73. The number of para-hydroxylation sites is 2. The molecule has 1 aromatic carbocycles. The molecule has 0 aliphatic carbocycles. The van der Waals surface area contributed by atoms with Crippen LogP contribution in [-0.4, -0.2) is 38.4 Å². The van der Waals surface area contributed by atoms with Crippen LogP contribution in [-0.2, 0) is 9.53 Å². The first-order valence-corrected chi connectivity index (χ1v) is 6.55. The van der Waals surface area contributed by atoms with E-state index in [1.54, 1.807) is 6.07 Å². The Hall–Kier alpha value is -2.01. The molecule has 5 nitrogen and oxygen atoms in total. The maximum Gasteiger partial charge on any atom is 0.264 e. The van der Waals surface area contributed by atoms with Crippen molar-refractivity contribution >= 4 is 5.91 Å². The Morgan fingerprint density at radius 2 is 2.20 bits per heavy atom. The van der Waals surface area contributed by atoms with Gasteiger partial charge in [-0.15, -0.1) is 0 Å². The number of rotatable bonds is 6. The quantitative estimate of drug-likeness (QED) is 0.633. The summed E-state index contributed by atoms with van der Waals surface area (Å²) in [6.07, 6.45) is -0.619. The van der Waals surface area contributed by atoms with Crippen LogP contribution in [0.4, 0.5) is 0 Å². The Kier molecular flexibility index (Phi) is 5.01. The Labute approximate surface area is 118 Å². The van der Waals surface area contributed by atoms with Gasteiger partial charge in [0.25, 0.3) is 5.91 Å². The van der Waals surface area contributed by atoms with Crippen LogP contribution < -0.4 is 14.8 Å². The third-order valence-electron chi connectivity index (χ3n) is 2.70. The molecule has 1 heterocycles. The minimum Gasteiger partial charge on any atom is -0.485 e. The van der Waals surface area contributed by atoms with Gasteiger partial charge < -0.3 is 19.5 Å². The predicted molar refractivity (Wildman–Crippen MR) is 75.0 cm³/mol. The Morgan fingerprint density at radius 1 is 1.45 bits per heavy atom. The summed E-state index contributed by atoms with van der Waals surface area (Å²) >= 11 is 0. The number of carbonyl (C=O) groups is 1. The topological polar surface area (TPSA) is 56.8 Å². The standard InChI is InChI=1S/C15H19NO4/c1-11(2)9-18-8-7-16-15(17)14-10-19-12-5-3-4-6-13(12)20-14/h3-6,14H,1,7-10H2,2H3,(H,16,17). The average Bonchev–Trinajstić information content (AvgIpc) is 2.46. The monoisotopic (exact) mass is 277 g/mol. The summed E-state index contributed by atoms with van der Waals surface area (Å²) in [4.78, 5) is 11.9. The van der Waals surface area contributed by atoms with E-state index in [0.717, 1.165) is 5.57 Å². The highest BCUT2D eigenvalue weighted by molar-refractivity contribution is 5.81. The molecule has 20 heavy (non-hydrogen) atoms. The van der Waals surface area contributed by atoms with Gasteiger partial charge in [-0.25, -0.2) is 0 Å².